The molecule has 0 aliphatic heterocycles. The number of halogens is 4. The van der Waals surface area contributed by atoms with Crippen molar-refractivity contribution in [1.82, 2.24) is 19.8 Å². The highest BCUT2D eigenvalue weighted by Crippen LogP contribution is 2.29. The van der Waals surface area contributed by atoms with Crippen molar-refractivity contribution in [2.24, 2.45) is 0 Å². The number of nitrogens with one attached hydrogen (secondary N) is 1. The zero-order valence-corrected chi connectivity index (χ0v) is 14.8. The van der Waals surface area contributed by atoms with Crippen LogP contribution in [0.2, 0.25) is 5.02 Å². The lowest BCUT2D eigenvalue weighted by Crippen LogP contribution is -2.23. The van der Waals surface area contributed by atoms with Crippen LogP contribution in [0, 0.1) is 0 Å². The first kappa shape index (κ1) is 19.3. The molecule has 2 heterocycles. The van der Waals surface area contributed by atoms with E-state index in [0.717, 1.165) is 12.1 Å². The van der Waals surface area contributed by atoms with Gasteiger partial charge in [0.1, 0.15) is 5.69 Å². The van der Waals surface area contributed by atoms with Crippen molar-refractivity contribution in [3.05, 3.63) is 59.1 Å². The Morgan fingerprint density at radius 1 is 1.11 bits per heavy atom. The molecule has 0 unspecified atom stereocenters. The van der Waals surface area contributed by atoms with Crippen molar-refractivity contribution in [3.8, 4) is 11.5 Å². The largest absolute Gasteiger partial charge is 0.417 e. The number of aromatic nitrogens is 3. The predicted octanol–water partition coefficient (Wildman–Crippen LogP) is 3.28. The average Bonchev–Trinajstić information content (AvgIpc) is 3.09. The highest BCUT2D eigenvalue weighted by atomic mass is 35.5. The van der Waals surface area contributed by atoms with Crippen LogP contribution in [0.15, 0.2) is 52.0 Å². The van der Waals surface area contributed by atoms with Crippen LogP contribution in [0.4, 0.5) is 13.2 Å². The summed E-state index contributed by atoms with van der Waals surface area (Å²) in [6.07, 6.45) is -3.86. The van der Waals surface area contributed by atoms with Crippen molar-refractivity contribution in [2.75, 3.05) is 0 Å². The first-order valence-corrected chi connectivity index (χ1v) is 9.13. The minimum Gasteiger partial charge on any atom is -0.337 e. The number of benzene rings is 1. The zero-order valence-electron chi connectivity index (χ0n) is 13.2. The number of sulfonamides is 1. The predicted molar refractivity (Wildman–Crippen MR) is 88.0 cm³/mol. The lowest BCUT2D eigenvalue weighted by Gasteiger charge is -2.05. The SMILES string of the molecule is O=S(=O)(NCc1nc(-c2ccc(C(F)(F)F)cn2)no1)c1ccc(Cl)cc1. The van der Waals surface area contributed by atoms with Crippen molar-refractivity contribution in [3.63, 3.8) is 0 Å². The molecular weight excluding hydrogens is 409 g/mol. The maximum atomic E-state index is 12.5. The van der Waals surface area contributed by atoms with Crippen LogP contribution in [0.3, 0.4) is 0 Å². The van der Waals surface area contributed by atoms with Crippen molar-refractivity contribution >= 4 is 21.6 Å². The van der Waals surface area contributed by atoms with E-state index in [9.17, 15) is 21.6 Å². The van der Waals surface area contributed by atoms with Crippen molar-refractivity contribution in [1.29, 1.82) is 0 Å². The van der Waals surface area contributed by atoms with Gasteiger partial charge < -0.3 is 4.52 Å². The first-order valence-electron chi connectivity index (χ1n) is 7.26. The summed E-state index contributed by atoms with van der Waals surface area (Å²) in [5, 5.41) is 3.97. The Labute approximate surface area is 156 Å². The molecule has 0 fully saturated rings. The summed E-state index contributed by atoms with van der Waals surface area (Å²) < 4.78 is 69.1. The molecule has 3 aromatic rings. The normalized spacial score (nSPS) is 12.3. The quantitative estimate of drug-likeness (QED) is 0.682. The molecular formula is C15H10ClF3N4O3S. The summed E-state index contributed by atoms with van der Waals surface area (Å²) in [6.45, 7) is -0.307. The fourth-order valence-corrected chi connectivity index (χ4v) is 3.08. The van der Waals surface area contributed by atoms with E-state index < -0.39 is 21.8 Å². The van der Waals surface area contributed by atoms with Gasteiger partial charge >= 0.3 is 6.18 Å². The van der Waals surface area contributed by atoms with Gasteiger partial charge in [0.05, 0.1) is 17.0 Å². The smallest absolute Gasteiger partial charge is 0.337 e. The van der Waals surface area contributed by atoms with Gasteiger partial charge in [0.15, 0.2) is 0 Å². The summed E-state index contributed by atoms with van der Waals surface area (Å²) in [4.78, 5) is 7.55. The van der Waals surface area contributed by atoms with Gasteiger partial charge in [0.25, 0.3) is 0 Å². The van der Waals surface area contributed by atoms with E-state index >= 15 is 0 Å². The summed E-state index contributed by atoms with van der Waals surface area (Å²) in [5.41, 5.74) is -0.857. The maximum absolute atomic E-state index is 12.5. The Kier molecular flexibility index (Phi) is 5.18. The summed E-state index contributed by atoms with van der Waals surface area (Å²) in [7, 11) is -3.83. The first-order chi connectivity index (χ1) is 12.6. The molecule has 0 saturated heterocycles. The summed E-state index contributed by atoms with van der Waals surface area (Å²) >= 11 is 5.71. The van der Waals surface area contributed by atoms with Crippen molar-refractivity contribution in [2.45, 2.75) is 17.6 Å². The molecule has 1 N–H and O–H groups in total. The molecule has 27 heavy (non-hydrogen) atoms. The van der Waals surface area contributed by atoms with Gasteiger partial charge in [-0.1, -0.05) is 16.8 Å². The van der Waals surface area contributed by atoms with Crippen LogP contribution in [-0.2, 0) is 22.7 Å². The third-order valence-electron chi connectivity index (χ3n) is 3.33. The van der Waals surface area contributed by atoms with E-state index in [1.54, 1.807) is 0 Å². The van der Waals surface area contributed by atoms with Gasteiger partial charge in [0, 0.05) is 11.2 Å². The summed E-state index contributed by atoms with van der Waals surface area (Å²) in [5.74, 6) is -0.145. The van der Waals surface area contributed by atoms with Crippen LogP contribution >= 0.6 is 11.6 Å². The third-order valence-corrected chi connectivity index (χ3v) is 4.99. The lowest BCUT2D eigenvalue weighted by molar-refractivity contribution is -0.137. The highest BCUT2D eigenvalue weighted by Gasteiger charge is 2.30. The molecule has 0 radical (unpaired) electrons. The third kappa shape index (κ3) is 4.62. The molecule has 0 atom stereocenters. The number of rotatable bonds is 5. The van der Waals surface area contributed by atoms with Crippen LogP contribution in [0.25, 0.3) is 11.5 Å². The highest BCUT2D eigenvalue weighted by molar-refractivity contribution is 7.89. The van der Waals surface area contributed by atoms with Crippen LogP contribution < -0.4 is 4.72 Å². The van der Waals surface area contributed by atoms with Gasteiger partial charge in [-0.05, 0) is 36.4 Å². The van der Waals surface area contributed by atoms with Crippen molar-refractivity contribution < 1.29 is 26.1 Å². The topological polar surface area (TPSA) is 98.0 Å². The number of hydrogen-bond donors (Lipinski definition) is 1. The van der Waals surface area contributed by atoms with E-state index in [-0.39, 0.29) is 28.8 Å². The Hall–Kier alpha value is -2.50. The second-order valence-corrected chi connectivity index (χ2v) is 7.42. The molecule has 0 bridgehead atoms. The van der Waals surface area contributed by atoms with E-state index in [1.807, 2.05) is 0 Å². The number of hydrogen-bond acceptors (Lipinski definition) is 6. The molecule has 142 valence electrons. The summed E-state index contributed by atoms with van der Waals surface area (Å²) in [6, 6.07) is 7.44. The number of nitrogens with zero attached hydrogens (tertiary/aromatic N) is 3. The van der Waals surface area contributed by atoms with Crippen LogP contribution in [-0.4, -0.2) is 23.5 Å². The van der Waals surface area contributed by atoms with Gasteiger partial charge in [-0.2, -0.15) is 18.2 Å². The fourth-order valence-electron chi connectivity index (χ4n) is 1.98. The molecule has 0 spiro atoms. The molecule has 3 rings (SSSR count). The molecule has 1 aromatic carbocycles. The molecule has 7 nitrogen and oxygen atoms in total. The minimum absolute atomic E-state index is 0.00366. The second kappa shape index (κ2) is 7.25. The number of pyridine rings is 1. The molecule has 0 amide bonds. The Bertz CT molecular complexity index is 1040. The molecule has 0 saturated carbocycles. The monoisotopic (exact) mass is 418 g/mol. The van der Waals surface area contributed by atoms with Crippen LogP contribution in [0.5, 0.6) is 0 Å². The van der Waals surface area contributed by atoms with Gasteiger partial charge in [-0.25, -0.2) is 13.1 Å². The second-order valence-electron chi connectivity index (χ2n) is 5.22. The molecule has 0 aliphatic carbocycles. The fraction of sp³-hybridized carbons (Fsp3) is 0.133. The molecule has 0 aliphatic rings. The standard InChI is InChI=1S/C15H10ClF3N4O3S/c16-10-2-4-11(5-3-10)27(24,25)21-8-13-22-14(23-26-13)12-6-1-9(7-20-12)15(17,18)19/h1-7,21H,8H2. The number of alkyl halides is 3. The van der Waals surface area contributed by atoms with Gasteiger partial charge in [-0.3, -0.25) is 4.98 Å². The average molecular weight is 419 g/mol. The van der Waals surface area contributed by atoms with E-state index in [0.29, 0.717) is 11.2 Å². The van der Waals surface area contributed by atoms with E-state index in [4.69, 9.17) is 16.1 Å². The molecule has 12 heteroatoms. The maximum Gasteiger partial charge on any atom is 0.417 e. The zero-order chi connectivity index (χ0) is 19.7. The van der Waals surface area contributed by atoms with Gasteiger partial charge in [-0.15, -0.1) is 0 Å². The Morgan fingerprint density at radius 3 is 2.41 bits per heavy atom. The van der Waals surface area contributed by atoms with Gasteiger partial charge in [0.2, 0.25) is 21.7 Å². The Balaban J connectivity index is 1.70. The Morgan fingerprint density at radius 2 is 1.81 bits per heavy atom. The lowest BCUT2D eigenvalue weighted by atomic mass is 10.2. The molecule has 2 aromatic heterocycles. The van der Waals surface area contributed by atoms with E-state index in [2.05, 4.69) is 19.8 Å². The van der Waals surface area contributed by atoms with Crippen LogP contribution in [0.1, 0.15) is 11.5 Å². The van der Waals surface area contributed by atoms with E-state index in [1.165, 1.54) is 24.3 Å². The minimum atomic E-state index is -4.51.